The van der Waals surface area contributed by atoms with E-state index in [0.29, 0.717) is 0 Å². The first-order valence-electron chi connectivity index (χ1n) is 9.69. The van der Waals surface area contributed by atoms with Crippen molar-refractivity contribution in [3.8, 4) is 0 Å². The van der Waals surface area contributed by atoms with E-state index in [1.165, 1.54) is 28.3 Å². The topological polar surface area (TPSA) is 148 Å². The third kappa shape index (κ3) is 6.21. The quantitative estimate of drug-likeness (QED) is 0.240. The van der Waals surface area contributed by atoms with Crippen molar-refractivity contribution in [2.24, 2.45) is 14.1 Å². The molecule has 0 aliphatic carbocycles. The number of anilines is 1. The second-order valence-electron chi connectivity index (χ2n) is 6.83. The summed E-state index contributed by atoms with van der Waals surface area (Å²) in [5.74, 6) is 0.261. The van der Waals surface area contributed by atoms with Crippen molar-refractivity contribution in [3.05, 3.63) is 34.9 Å². The van der Waals surface area contributed by atoms with Crippen LogP contribution in [0.3, 0.4) is 0 Å². The molecule has 0 N–H and O–H groups in total. The predicted molar refractivity (Wildman–Crippen MR) is 112 cm³/mol. The van der Waals surface area contributed by atoms with Crippen LogP contribution in [-0.2, 0) is 47.7 Å². The van der Waals surface area contributed by atoms with Crippen LogP contribution in [0, 0.1) is 0 Å². The molecule has 1 unspecified atom stereocenters. The minimum atomic E-state index is -4.71. The molecular formula is C17H19F3N10O4S. The van der Waals surface area contributed by atoms with E-state index >= 15 is 0 Å². The maximum Gasteiger partial charge on any atom is 0.509 e. The summed E-state index contributed by atoms with van der Waals surface area (Å²) in [6, 6.07) is 1.91. The highest BCUT2D eigenvalue weighted by Crippen LogP contribution is 2.29. The first-order valence-corrected chi connectivity index (χ1v) is 10.1. The summed E-state index contributed by atoms with van der Waals surface area (Å²) in [5.41, 5.74) is -1.20. The lowest BCUT2D eigenvalue weighted by atomic mass is 10.1. The number of hydrogen-bond donors (Lipinski definition) is 0. The number of ether oxygens (including phenoxy) is 3. The number of hydrogen-bond acceptors (Lipinski definition) is 12. The van der Waals surface area contributed by atoms with E-state index in [-0.39, 0.29) is 41.2 Å². The molecule has 18 heteroatoms. The highest BCUT2D eigenvalue weighted by Gasteiger charge is 2.35. The molecule has 3 aromatic heterocycles. The number of alkyl halides is 3. The van der Waals surface area contributed by atoms with Gasteiger partial charge in [-0.1, -0.05) is 17.3 Å². The van der Waals surface area contributed by atoms with Gasteiger partial charge in [-0.05, 0) is 34.7 Å². The number of rotatable bonds is 8. The van der Waals surface area contributed by atoms with Gasteiger partial charge in [-0.2, -0.15) is 18.0 Å². The molecule has 0 radical (unpaired) electrons. The number of thiocarbonyl (C=S) groups is 1. The van der Waals surface area contributed by atoms with Crippen molar-refractivity contribution in [3.63, 3.8) is 0 Å². The molecule has 3 aromatic rings. The van der Waals surface area contributed by atoms with E-state index in [4.69, 9.17) is 21.7 Å². The van der Waals surface area contributed by atoms with Crippen LogP contribution in [0.2, 0.25) is 0 Å². The average molecular weight is 516 g/mol. The maximum absolute atomic E-state index is 13.4. The Kier molecular flexibility index (Phi) is 7.85. The number of methoxy groups -OCH3 is 1. The monoisotopic (exact) mass is 516 g/mol. The van der Waals surface area contributed by atoms with Gasteiger partial charge in [0.2, 0.25) is 0 Å². The van der Waals surface area contributed by atoms with Crippen LogP contribution < -0.4 is 4.90 Å². The number of halogens is 3. The lowest BCUT2D eigenvalue weighted by Crippen LogP contribution is -2.43. The summed E-state index contributed by atoms with van der Waals surface area (Å²) in [6.45, 7) is 0.927. The Balaban J connectivity index is 1.97. The maximum atomic E-state index is 13.4. The normalized spacial score (nSPS) is 12.3. The zero-order valence-electron chi connectivity index (χ0n) is 18.8. The van der Waals surface area contributed by atoms with Crippen molar-refractivity contribution in [2.45, 2.75) is 32.5 Å². The van der Waals surface area contributed by atoms with Crippen LogP contribution in [-0.4, -0.2) is 69.9 Å². The van der Waals surface area contributed by atoms with Gasteiger partial charge in [0.05, 0.1) is 26.5 Å². The molecule has 35 heavy (non-hydrogen) atoms. The van der Waals surface area contributed by atoms with Crippen LogP contribution in [0.4, 0.5) is 23.9 Å². The Morgan fingerprint density at radius 2 is 1.94 bits per heavy atom. The highest BCUT2D eigenvalue weighted by molar-refractivity contribution is 7.81. The summed E-state index contributed by atoms with van der Waals surface area (Å²) in [5, 5.41) is 22.5. The van der Waals surface area contributed by atoms with Crippen LogP contribution in [0.5, 0.6) is 0 Å². The van der Waals surface area contributed by atoms with E-state index in [9.17, 15) is 18.0 Å². The second-order valence-corrected chi connectivity index (χ2v) is 7.21. The fourth-order valence-corrected chi connectivity index (χ4v) is 3.22. The lowest BCUT2D eigenvalue weighted by Gasteiger charge is -2.29. The van der Waals surface area contributed by atoms with Gasteiger partial charge in [0.1, 0.15) is 17.3 Å². The van der Waals surface area contributed by atoms with Gasteiger partial charge in [0.25, 0.3) is 5.95 Å². The number of aromatic nitrogens is 9. The molecule has 0 bridgehead atoms. The van der Waals surface area contributed by atoms with Gasteiger partial charge in [0, 0.05) is 12.6 Å². The van der Waals surface area contributed by atoms with Crippen molar-refractivity contribution < 1.29 is 32.2 Å². The highest BCUT2D eigenvalue weighted by atomic mass is 32.1. The first-order chi connectivity index (χ1) is 16.5. The summed E-state index contributed by atoms with van der Waals surface area (Å²) < 4.78 is 56.4. The summed E-state index contributed by atoms with van der Waals surface area (Å²) in [6.07, 6.45) is -6.85. The van der Waals surface area contributed by atoms with E-state index in [1.807, 2.05) is 0 Å². The van der Waals surface area contributed by atoms with Crippen LogP contribution >= 0.6 is 12.2 Å². The number of pyridine rings is 1. The molecule has 0 aliphatic heterocycles. The van der Waals surface area contributed by atoms with E-state index in [0.717, 1.165) is 19.2 Å². The zero-order chi connectivity index (χ0) is 25.8. The Morgan fingerprint density at radius 1 is 1.20 bits per heavy atom. The third-order valence-corrected chi connectivity index (χ3v) is 4.76. The second kappa shape index (κ2) is 10.6. The predicted octanol–water partition coefficient (Wildman–Crippen LogP) is 1.18. The molecule has 1 atom stereocenters. The van der Waals surface area contributed by atoms with Gasteiger partial charge in [-0.25, -0.2) is 14.5 Å². The Bertz CT molecular complexity index is 1200. The van der Waals surface area contributed by atoms with Crippen molar-refractivity contribution in [1.29, 1.82) is 0 Å². The number of aryl methyl sites for hydroxylation is 2. The average Bonchev–Trinajstić information content (AvgIpc) is 3.41. The SMILES string of the molecule is COC(=O)OC(C)N(C(=S)c1ccc(C(F)(F)F)nc1COCc1nnn(C)n1)c1nnnn1C. The molecule has 0 aromatic carbocycles. The smallest absolute Gasteiger partial charge is 0.438 e. The first kappa shape index (κ1) is 25.8. The van der Waals surface area contributed by atoms with Gasteiger partial charge in [-0.15, -0.1) is 10.2 Å². The van der Waals surface area contributed by atoms with Crippen molar-refractivity contribution >= 4 is 29.3 Å². The fraction of sp³-hybridized carbons (Fsp3) is 0.471. The molecule has 3 heterocycles. The minimum Gasteiger partial charge on any atom is -0.438 e. The lowest BCUT2D eigenvalue weighted by molar-refractivity contribution is -0.141. The summed E-state index contributed by atoms with van der Waals surface area (Å²) >= 11 is 5.56. The Labute approximate surface area is 200 Å². The van der Waals surface area contributed by atoms with Gasteiger partial charge in [-0.3, -0.25) is 4.90 Å². The molecule has 3 rings (SSSR count). The molecule has 188 valence electrons. The van der Waals surface area contributed by atoms with E-state index < -0.39 is 24.3 Å². The Hall–Kier alpha value is -3.80. The van der Waals surface area contributed by atoms with Crippen LogP contribution in [0.15, 0.2) is 12.1 Å². The summed E-state index contributed by atoms with van der Waals surface area (Å²) in [4.78, 5) is 17.7. The molecule has 0 amide bonds. The van der Waals surface area contributed by atoms with Crippen LogP contribution in [0.1, 0.15) is 29.7 Å². The zero-order valence-corrected chi connectivity index (χ0v) is 19.6. The molecule has 0 aliphatic rings. The van der Waals surface area contributed by atoms with Crippen molar-refractivity contribution in [2.75, 3.05) is 12.0 Å². The molecular weight excluding hydrogens is 497 g/mol. The van der Waals surface area contributed by atoms with Crippen LogP contribution in [0.25, 0.3) is 0 Å². The number of carbonyl (C=O) groups excluding carboxylic acids is 1. The third-order valence-electron chi connectivity index (χ3n) is 4.34. The molecule has 0 saturated heterocycles. The molecule has 0 spiro atoms. The van der Waals surface area contributed by atoms with E-state index in [1.54, 1.807) is 7.05 Å². The fourth-order valence-electron chi connectivity index (χ4n) is 2.80. The number of carbonyl (C=O) groups is 1. The largest absolute Gasteiger partial charge is 0.509 e. The van der Waals surface area contributed by atoms with Gasteiger partial charge < -0.3 is 14.2 Å². The molecule has 0 fully saturated rings. The van der Waals surface area contributed by atoms with Gasteiger partial charge >= 0.3 is 12.3 Å². The number of nitrogens with zero attached hydrogens (tertiary/aromatic N) is 10. The van der Waals surface area contributed by atoms with Crippen molar-refractivity contribution in [1.82, 2.24) is 45.4 Å². The number of tetrazole rings is 2. The summed E-state index contributed by atoms with van der Waals surface area (Å²) in [7, 11) is 4.16. The minimum absolute atomic E-state index is 0.0435. The van der Waals surface area contributed by atoms with E-state index in [2.05, 4.69) is 40.7 Å². The molecule has 0 saturated carbocycles. The molecule has 14 nitrogen and oxygen atoms in total. The standard InChI is InChI=1S/C17H19F3N10O4S/c1-9(34-16(31)32-4)30(15-23-25-27-28(15)2)14(35)10-5-6-12(17(18,19)20)21-11(10)7-33-8-13-22-26-29(3)24-13/h5-6,9H,7-8H2,1-4H3. The van der Waals surface area contributed by atoms with Gasteiger partial charge in [0.15, 0.2) is 12.1 Å². The Morgan fingerprint density at radius 3 is 2.51 bits per heavy atom.